The topological polar surface area (TPSA) is 9.23 Å². The van der Waals surface area contributed by atoms with Gasteiger partial charge in [-0.15, -0.1) is 5.92 Å². The van der Waals surface area contributed by atoms with Crippen molar-refractivity contribution in [3.63, 3.8) is 0 Å². The summed E-state index contributed by atoms with van der Waals surface area (Å²) < 4.78 is 5.41. The lowest BCUT2D eigenvalue weighted by atomic mass is 10.5. The molecular formula is C8H10OS2. The van der Waals surface area contributed by atoms with E-state index in [1.807, 2.05) is 6.92 Å². The van der Waals surface area contributed by atoms with Crippen LogP contribution in [0.5, 0.6) is 0 Å². The second-order valence-corrected chi connectivity index (χ2v) is 4.61. The van der Waals surface area contributed by atoms with Crippen molar-refractivity contribution in [2.45, 2.75) is 19.3 Å². The van der Waals surface area contributed by atoms with Gasteiger partial charge in [-0.1, -0.05) is 27.5 Å². The van der Waals surface area contributed by atoms with Crippen LogP contribution < -0.4 is 0 Å². The predicted octanol–water partition coefficient (Wildman–Crippen LogP) is 2.65. The van der Waals surface area contributed by atoms with Gasteiger partial charge in [0, 0.05) is 0 Å². The molecule has 1 aliphatic rings. The fourth-order valence-corrected chi connectivity index (χ4v) is 2.78. The average Bonchev–Trinajstić information content (AvgIpc) is 2.37. The van der Waals surface area contributed by atoms with Crippen molar-refractivity contribution in [2.24, 2.45) is 0 Å². The van der Waals surface area contributed by atoms with Crippen molar-refractivity contribution in [3.05, 3.63) is 11.0 Å². The van der Waals surface area contributed by atoms with Crippen molar-refractivity contribution in [3.8, 4) is 11.8 Å². The van der Waals surface area contributed by atoms with Crippen LogP contribution in [0.4, 0.5) is 0 Å². The lowest BCUT2D eigenvalue weighted by Gasteiger charge is -2.02. The number of hydrogen-bond acceptors (Lipinski definition) is 3. The number of allylic oxidation sites excluding steroid dienone is 1. The van der Waals surface area contributed by atoms with Crippen LogP contribution in [0.2, 0.25) is 0 Å². The summed E-state index contributed by atoms with van der Waals surface area (Å²) in [5, 5.41) is 0. The highest BCUT2D eigenvalue weighted by Crippen LogP contribution is 2.41. The van der Waals surface area contributed by atoms with Crippen LogP contribution in [0.25, 0.3) is 0 Å². The molecule has 0 bridgehead atoms. The van der Waals surface area contributed by atoms with Gasteiger partial charge in [0.05, 0.1) is 0 Å². The van der Waals surface area contributed by atoms with E-state index in [4.69, 9.17) is 4.74 Å². The summed E-state index contributed by atoms with van der Waals surface area (Å²) in [4.78, 5) is 1.32. The van der Waals surface area contributed by atoms with Crippen LogP contribution in [0.1, 0.15) is 13.8 Å². The van der Waals surface area contributed by atoms with E-state index in [9.17, 15) is 0 Å². The summed E-state index contributed by atoms with van der Waals surface area (Å²) in [7, 11) is 3.50. The molecule has 0 fully saturated rings. The van der Waals surface area contributed by atoms with Crippen LogP contribution in [0, 0.1) is 11.8 Å². The smallest absolute Gasteiger partial charge is 0.134 e. The first-order chi connectivity index (χ1) is 5.33. The first-order valence-corrected chi connectivity index (χ1v) is 5.57. The Morgan fingerprint density at radius 2 is 2.55 bits per heavy atom. The van der Waals surface area contributed by atoms with E-state index in [2.05, 4.69) is 24.8 Å². The molecule has 3 heteroatoms. The third-order valence-electron chi connectivity index (χ3n) is 1.14. The van der Waals surface area contributed by atoms with E-state index < -0.39 is 0 Å². The molecule has 0 radical (unpaired) electrons. The van der Waals surface area contributed by atoms with E-state index >= 15 is 0 Å². The van der Waals surface area contributed by atoms with Crippen molar-refractivity contribution >= 4 is 21.6 Å². The molecule has 0 aromatic heterocycles. The molecule has 1 atom stereocenters. The Morgan fingerprint density at radius 3 is 3.09 bits per heavy atom. The van der Waals surface area contributed by atoms with Gasteiger partial charge in [-0.05, 0) is 24.8 Å². The largest absolute Gasteiger partial charge is 0.350 e. The summed E-state index contributed by atoms with van der Waals surface area (Å²) in [5.74, 6) is 5.66. The van der Waals surface area contributed by atoms with E-state index in [0.717, 1.165) is 0 Å². The Bertz CT molecular complexity index is 212. The third kappa shape index (κ3) is 3.24. The molecule has 60 valence electrons. The van der Waals surface area contributed by atoms with Crippen molar-refractivity contribution in [1.82, 2.24) is 0 Å². The minimum atomic E-state index is 0.209. The molecule has 1 rings (SSSR count). The van der Waals surface area contributed by atoms with E-state index in [1.54, 1.807) is 21.6 Å². The molecular weight excluding hydrogens is 176 g/mol. The molecule has 0 aromatic carbocycles. The molecule has 0 saturated heterocycles. The van der Waals surface area contributed by atoms with Crippen molar-refractivity contribution in [1.29, 1.82) is 0 Å². The highest BCUT2D eigenvalue weighted by Gasteiger charge is 2.13. The monoisotopic (exact) mass is 186 g/mol. The van der Waals surface area contributed by atoms with Gasteiger partial charge in [0.1, 0.15) is 12.0 Å². The minimum Gasteiger partial charge on any atom is -0.350 e. The fraction of sp³-hybridized carbons (Fsp3) is 0.500. The Balaban J connectivity index is 2.22. The fourth-order valence-electron chi connectivity index (χ4n) is 0.642. The van der Waals surface area contributed by atoms with Gasteiger partial charge in [0.15, 0.2) is 0 Å². The summed E-state index contributed by atoms with van der Waals surface area (Å²) in [6, 6.07) is 0. The van der Waals surface area contributed by atoms with Gasteiger partial charge in [0.2, 0.25) is 0 Å². The summed E-state index contributed by atoms with van der Waals surface area (Å²) >= 11 is 0. The van der Waals surface area contributed by atoms with E-state index in [-0.39, 0.29) is 5.44 Å². The van der Waals surface area contributed by atoms with E-state index in [1.165, 1.54) is 4.91 Å². The number of hydrogen-bond donors (Lipinski definition) is 0. The highest BCUT2D eigenvalue weighted by molar-refractivity contribution is 8.78. The molecule has 11 heavy (non-hydrogen) atoms. The Hall–Kier alpha value is -0.0400. The zero-order chi connectivity index (χ0) is 8.10. The second-order valence-electron chi connectivity index (χ2n) is 2.06. The van der Waals surface area contributed by atoms with Crippen LogP contribution in [-0.2, 0) is 4.74 Å². The van der Waals surface area contributed by atoms with Crippen LogP contribution >= 0.6 is 21.6 Å². The number of ether oxygens (including phenoxy) is 1. The quantitative estimate of drug-likeness (QED) is 0.484. The van der Waals surface area contributed by atoms with Gasteiger partial charge in [-0.3, -0.25) is 0 Å². The zero-order valence-corrected chi connectivity index (χ0v) is 8.22. The van der Waals surface area contributed by atoms with Crippen LogP contribution in [0.3, 0.4) is 0 Å². The Labute approximate surface area is 75.4 Å². The van der Waals surface area contributed by atoms with Crippen LogP contribution in [-0.4, -0.2) is 12.0 Å². The maximum atomic E-state index is 5.41. The molecule has 0 N–H and O–H groups in total. The van der Waals surface area contributed by atoms with Gasteiger partial charge in [-0.2, -0.15) is 0 Å². The van der Waals surface area contributed by atoms with Crippen molar-refractivity contribution in [2.75, 3.05) is 6.61 Å². The average molecular weight is 186 g/mol. The Kier molecular flexibility index (Phi) is 3.92. The van der Waals surface area contributed by atoms with Gasteiger partial charge in [-0.25, -0.2) is 0 Å². The normalized spacial score (nSPS) is 22.4. The standard InChI is InChI=1S/C8H10OS2/c1-3-4-5-9-8-6-7(2)10-11-8/h6,8H,5H2,1-2H3. The summed E-state index contributed by atoms with van der Waals surface area (Å²) in [6.07, 6.45) is 2.12. The molecule has 1 aliphatic heterocycles. The van der Waals surface area contributed by atoms with E-state index in [0.29, 0.717) is 6.61 Å². The highest BCUT2D eigenvalue weighted by atomic mass is 33.1. The first-order valence-electron chi connectivity index (χ1n) is 3.36. The summed E-state index contributed by atoms with van der Waals surface area (Å²) in [6.45, 7) is 4.45. The first kappa shape index (κ1) is 9.05. The molecule has 0 amide bonds. The SMILES string of the molecule is CC#CCOC1C=C(C)SS1. The van der Waals surface area contributed by atoms with Gasteiger partial charge in [0.25, 0.3) is 0 Å². The lowest BCUT2D eigenvalue weighted by Crippen LogP contribution is -2.01. The molecule has 0 saturated carbocycles. The van der Waals surface area contributed by atoms with Gasteiger partial charge < -0.3 is 4.74 Å². The molecule has 1 unspecified atom stereocenters. The number of rotatable bonds is 2. The Morgan fingerprint density at radius 1 is 1.73 bits per heavy atom. The van der Waals surface area contributed by atoms with Gasteiger partial charge >= 0.3 is 0 Å². The molecule has 0 aliphatic carbocycles. The predicted molar refractivity (Wildman–Crippen MR) is 52.1 cm³/mol. The lowest BCUT2D eigenvalue weighted by molar-refractivity contribution is 0.176. The second kappa shape index (κ2) is 4.76. The zero-order valence-electron chi connectivity index (χ0n) is 6.59. The van der Waals surface area contributed by atoms with Crippen LogP contribution in [0.15, 0.2) is 11.0 Å². The third-order valence-corrected chi connectivity index (χ3v) is 3.75. The molecule has 0 aromatic rings. The van der Waals surface area contributed by atoms with Crippen molar-refractivity contribution < 1.29 is 4.74 Å². The molecule has 1 nitrogen and oxygen atoms in total. The molecule has 1 heterocycles. The maximum absolute atomic E-state index is 5.41. The summed E-state index contributed by atoms with van der Waals surface area (Å²) in [5.41, 5.74) is 0.209. The molecule has 0 spiro atoms. The minimum absolute atomic E-state index is 0.209. The maximum Gasteiger partial charge on any atom is 0.134 e.